The second-order valence-corrected chi connectivity index (χ2v) is 2.39. The van der Waals surface area contributed by atoms with Crippen molar-refractivity contribution in [2.75, 3.05) is 5.48 Å². The van der Waals surface area contributed by atoms with E-state index in [0.717, 1.165) is 4.47 Å². The molecule has 0 aliphatic heterocycles. The zero-order chi connectivity index (χ0) is 6.69. The lowest BCUT2D eigenvalue weighted by Gasteiger charge is -1.94. The molecule has 0 aliphatic rings. The van der Waals surface area contributed by atoms with Gasteiger partial charge < -0.3 is 0 Å². The van der Waals surface area contributed by atoms with Crippen molar-refractivity contribution >= 4 is 21.7 Å². The van der Waals surface area contributed by atoms with Crippen LogP contribution in [0, 0.1) is 0 Å². The normalized spacial score (nSPS) is 9.11. The zero-order valence-electron chi connectivity index (χ0n) is 4.50. The van der Waals surface area contributed by atoms with Gasteiger partial charge in [-0.3, -0.25) is 10.7 Å². The molecule has 0 bridgehead atoms. The molecular formula is C5H5BrN2O. The first-order valence-corrected chi connectivity index (χ1v) is 3.14. The first-order valence-electron chi connectivity index (χ1n) is 2.34. The van der Waals surface area contributed by atoms with Crippen LogP contribution in [-0.2, 0) is 0 Å². The summed E-state index contributed by atoms with van der Waals surface area (Å²) >= 11 is 3.20. The minimum atomic E-state index is 0.443. The van der Waals surface area contributed by atoms with Crippen molar-refractivity contribution in [3.63, 3.8) is 0 Å². The van der Waals surface area contributed by atoms with Crippen LogP contribution in [0.2, 0.25) is 0 Å². The first-order chi connectivity index (χ1) is 4.33. The summed E-state index contributed by atoms with van der Waals surface area (Å²) in [7, 11) is 0. The maximum absolute atomic E-state index is 8.30. The Bertz CT molecular complexity index is 187. The van der Waals surface area contributed by atoms with Crippen LogP contribution < -0.4 is 5.48 Å². The van der Waals surface area contributed by atoms with E-state index in [4.69, 9.17) is 5.21 Å². The molecule has 0 unspecified atom stereocenters. The van der Waals surface area contributed by atoms with Crippen LogP contribution in [0.3, 0.4) is 0 Å². The monoisotopic (exact) mass is 188 g/mol. The number of aromatic nitrogens is 1. The average molecular weight is 189 g/mol. The second-order valence-electron chi connectivity index (χ2n) is 1.47. The van der Waals surface area contributed by atoms with E-state index in [9.17, 15) is 0 Å². The maximum Gasteiger partial charge on any atom is 0.149 e. The Morgan fingerprint density at radius 1 is 1.56 bits per heavy atom. The molecule has 0 aromatic carbocycles. The van der Waals surface area contributed by atoms with Crippen molar-refractivity contribution in [1.82, 2.24) is 4.98 Å². The van der Waals surface area contributed by atoms with Gasteiger partial charge in [0.15, 0.2) is 0 Å². The van der Waals surface area contributed by atoms with Gasteiger partial charge in [-0.1, -0.05) is 0 Å². The highest BCUT2D eigenvalue weighted by Gasteiger charge is 1.87. The molecule has 1 aromatic rings. The van der Waals surface area contributed by atoms with Crippen molar-refractivity contribution in [2.45, 2.75) is 0 Å². The van der Waals surface area contributed by atoms with E-state index in [1.54, 1.807) is 18.3 Å². The lowest BCUT2D eigenvalue weighted by atomic mass is 10.5. The maximum atomic E-state index is 8.30. The zero-order valence-corrected chi connectivity index (χ0v) is 6.09. The number of anilines is 1. The Hall–Kier alpha value is -0.610. The molecule has 0 saturated carbocycles. The Kier molecular flexibility index (Phi) is 2.02. The smallest absolute Gasteiger partial charge is 0.149 e. The van der Waals surface area contributed by atoms with Gasteiger partial charge in [0.25, 0.3) is 0 Å². The van der Waals surface area contributed by atoms with Gasteiger partial charge in [-0.05, 0) is 28.1 Å². The van der Waals surface area contributed by atoms with Gasteiger partial charge in [0.1, 0.15) is 5.82 Å². The van der Waals surface area contributed by atoms with E-state index in [1.165, 1.54) is 0 Å². The van der Waals surface area contributed by atoms with Crippen LogP contribution in [0.1, 0.15) is 0 Å². The lowest BCUT2D eigenvalue weighted by molar-refractivity contribution is 0.386. The molecule has 1 heterocycles. The predicted octanol–water partition coefficient (Wildman–Crippen LogP) is 1.65. The summed E-state index contributed by atoms with van der Waals surface area (Å²) in [6.07, 6.45) is 1.60. The van der Waals surface area contributed by atoms with E-state index in [1.807, 2.05) is 5.48 Å². The molecule has 0 saturated heterocycles. The second kappa shape index (κ2) is 2.80. The standard InChI is InChI=1S/C5H5BrN2O/c6-4-1-2-5(8-9)7-3-4/h1-3,9H,(H,7,8). The molecule has 1 rings (SSSR count). The van der Waals surface area contributed by atoms with Gasteiger partial charge in [0, 0.05) is 10.7 Å². The molecule has 48 valence electrons. The summed E-state index contributed by atoms with van der Waals surface area (Å²) < 4.78 is 0.890. The fourth-order valence-corrected chi connectivity index (χ4v) is 0.676. The van der Waals surface area contributed by atoms with Crippen LogP contribution in [0.5, 0.6) is 0 Å². The molecule has 3 nitrogen and oxygen atoms in total. The molecule has 0 fully saturated rings. The summed E-state index contributed by atoms with van der Waals surface area (Å²) in [6.45, 7) is 0. The number of hydrogen-bond acceptors (Lipinski definition) is 3. The fraction of sp³-hybridized carbons (Fsp3) is 0. The minimum absolute atomic E-state index is 0.443. The summed E-state index contributed by atoms with van der Waals surface area (Å²) in [5, 5.41) is 8.30. The molecule has 1 aromatic heterocycles. The molecule has 0 aliphatic carbocycles. The highest BCUT2D eigenvalue weighted by atomic mass is 79.9. The molecule has 9 heavy (non-hydrogen) atoms. The summed E-state index contributed by atoms with van der Waals surface area (Å²) in [6, 6.07) is 3.44. The SMILES string of the molecule is ONc1ccc(Br)cn1. The van der Waals surface area contributed by atoms with Gasteiger partial charge in [-0.25, -0.2) is 4.98 Å². The molecule has 0 amide bonds. The largest absolute Gasteiger partial charge is 0.290 e. The van der Waals surface area contributed by atoms with Crippen molar-refractivity contribution in [3.8, 4) is 0 Å². The van der Waals surface area contributed by atoms with Gasteiger partial charge in [-0.15, -0.1) is 0 Å². The minimum Gasteiger partial charge on any atom is -0.290 e. The number of hydrogen-bond donors (Lipinski definition) is 2. The van der Waals surface area contributed by atoms with Crippen molar-refractivity contribution in [2.24, 2.45) is 0 Å². The molecule has 0 atom stereocenters. The van der Waals surface area contributed by atoms with Crippen molar-refractivity contribution in [3.05, 3.63) is 22.8 Å². The number of nitrogens with one attached hydrogen (secondary N) is 1. The van der Waals surface area contributed by atoms with Gasteiger partial charge in [-0.2, -0.15) is 0 Å². The van der Waals surface area contributed by atoms with Crippen molar-refractivity contribution in [1.29, 1.82) is 0 Å². The van der Waals surface area contributed by atoms with E-state index < -0.39 is 0 Å². The third-order valence-electron chi connectivity index (χ3n) is 0.842. The highest BCUT2D eigenvalue weighted by molar-refractivity contribution is 9.10. The molecule has 0 spiro atoms. The summed E-state index contributed by atoms with van der Waals surface area (Å²) in [5.41, 5.74) is 1.92. The van der Waals surface area contributed by atoms with E-state index in [-0.39, 0.29) is 0 Å². The predicted molar refractivity (Wildman–Crippen MR) is 37.3 cm³/mol. The Labute approximate surface area is 60.8 Å². The number of halogens is 1. The third-order valence-corrected chi connectivity index (χ3v) is 1.31. The van der Waals surface area contributed by atoms with Crippen LogP contribution in [0.15, 0.2) is 22.8 Å². The summed E-state index contributed by atoms with van der Waals surface area (Å²) in [4.78, 5) is 3.79. The molecular weight excluding hydrogens is 184 g/mol. The topological polar surface area (TPSA) is 45.1 Å². The number of nitrogens with zero attached hydrogens (tertiary/aromatic N) is 1. The van der Waals surface area contributed by atoms with Crippen LogP contribution >= 0.6 is 15.9 Å². The number of rotatable bonds is 1. The van der Waals surface area contributed by atoms with E-state index >= 15 is 0 Å². The summed E-state index contributed by atoms with van der Waals surface area (Å²) in [5.74, 6) is 0.443. The quantitative estimate of drug-likeness (QED) is 0.660. The highest BCUT2D eigenvalue weighted by Crippen LogP contribution is 2.09. The Balaban J connectivity index is 2.88. The molecule has 4 heteroatoms. The van der Waals surface area contributed by atoms with E-state index in [2.05, 4.69) is 20.9 Å². The van der Waals surface area contributed by atoms with Crippen LogP contribution in [0.4, 0.5) is 5.82 Å². The average Bonchev–Trinajstić information content (AvgIpc) is 1.90. The van der Waals surface area contributed by atoms with Gasteiger partial charge in [0.05, 0.1) is 0 Å². The Morgan fingerprint density at radius 3 is 2.78 bits per heavy atom. The van der Waals surface area contributed by atoms with Crippen LogP contribution in [0.25, 0.3) is 0 Å². The van der Waals surface area contributed by atoms with Gasteiger partial charge in [0.2, 0.25) is 0 Å². The third kappa shape index (κ3) is 1.65. The molecule has 0 radical (unpaired) electrons. The van der Waals surface area contributed by atoms with Gasteiger partial charge >= 0.3 is 0 Å². The lowest BCUT2D eigenvalue weighted by Crippen LogP contribution is -1.90. The fourth-order valence-electron chi connectivity index (χ4n) is 0.442. The first kappa shape index (κ1) is 6.51. The molecule has 2 N–H and O–H groups in total. The van der Waals surface area contributed by atoms with Crippen molar-refractivity contribution < 1.29 is 5.21 Å². The van der Waals surface area contributed by atoms with E-state index in [0.29, 0.717) is 5.82 Å². The Morgan fingerprint density at radius 2 is 2.33 bits per heavy atom. The number of pyridine rings is 1. The van der Waals surface area contributed by atoms with Crippen LogP contribution in [-0.4, -0.2) is 10.2 Å².